The van der Waals surface area contributed by atoms with Crippen LogP contribution in [0.25, 0.3) is 11.4 Å². The SMILES string of the molecule is Nc1cc(-c2n[nH]c(=O)[nH]2)ccc1F. The van der Waals surface area contributed by atoms with Gasteiger partial charge >= 0.3 is 5.69 Å². The molecule has 0 saturated carbocycles. The quantitative estimate of drug-likeness (QED) is 0.577. The molecule has 0 amide bonds. The summed E-state index contributed by atoms with van der Waals surface area (Å²) < 4.78 is 12.8. The average molecular weight is 194 g/mol. The van der Waals surface area contributed by atoms with Crippen LogP contribution in [0.4, 0.5) is 10.1 Å². The number of hydrogen-bond acceptors (Lipinski definition) is 3. The highest BCUT2D eigenvalue weighted by molar-refractivity contribution is 5.60. The highest BCUT2D eigenvalue weighted by atomic mass is 19.1. The lowest BCUT2D eigenvalue weighted by atomic mass is 10.2. The first kappa shape index (κ1) is 8.49. The third-order valence-corrected chi connectivity index (χ3v) is 1.77. The van der Waals surface area contributed by atoms with Crippen LogP contribution in [-0.4, -0.2) is 15.2 Å². The molecule has 4 N–H and O–H groups in total. The maximum Gasteiger partial charge on any atom is 0.340 e. The normalized spacial score (nSPS) is 10.4. The van der Waals surface area contributed by atoms with Crippen LogP contribution < -0.4 is 11.4 Å². The summed E-state index contributed by atoms with van der Waals surface area (Å²) in [6.07, 6.45) is 0. The molecule has 2 aromatic rings. The summed E-state index contributed by atoms with van der Waals surface area (Å²) in [5, 5.41) is 5.89. The molecule has 5 nitrogen and oxygen atoms in total. The summed E-state index contributed by atoms with van der Waals surface area (Å²) in [4.78, 5) is 13.2. The van der Waals surface area contributed by atoms with Crippen LogP contribution in [0, 0.1) is 5.82 Å². The van der Waals surface area contributed by atoms with Crippen LogP contribution in [0.15, 0.2) is 23.0 Å². The van der Waals surface area contributed by atoms with E-state index in [4.69, 9.17) is 5.73 Å². The van der Waals surface area contributed by atoms with Crippen molar-refractivity contribution in [3.05, 3.63) is 34.5 Å². The van der Waals surface area contributed by atoms with Crippen LogP contribution >= 0.6 is 0 Å². The van der Waals surface area contributed by atoms with Crippen molar-refractivity contribution in [2.24, 2.45) is 0 Å². The number of halogens is 1. The second-order valence-corrected chi connectivity index (χ2v) is 2.76. The van der Waals surface area contributed by atoms with Crippen molar-refractivity contribution in [3.8, 4) is 11.4 Å². The monoisotopic (exact) mass is 194 g/mol. The highest BCUT2D eigenvalue weighted by Crippen LogP contribution is 2.18. The molecule has 1 aromatic carbocycles. The van der Waals surface area contributed by atoms with Gasteiger partial charge in [-0.1, -0.05) is 0 Å². The van der Waals surface area contributed by atoms with Gasteiger partial charge in [-0.2, -0.15) is 5.10 Å². The maximum absolute atomic E-state index is 12.8. The summed E-state index contributed by atoms with van der Waals surface area (Å²) in [5.74, 6) is -0.159. The number of nitrogens with one attached hydrogen (secondary N) is 2. The van der Waals surface area contributed by atoms with Gasteiger partial charge in [0.2, 0.25) is 0 Å². The van der Waals surface area contributed by atoms with Crippen LogP contribution in [0.1, 0.15) is 0 Å². The largest absolute Gasteiger partial charge is 0.396 e. The summed E-state index contributed by atoms with van der Waals surface area (Å²) in [6.45, 7) is 0. The molecule has 0 saturated heterocycles. The molecule has 0 fully saturated rings. The number of aromatic nitrogens is 3. The summed E-state index contributed by atoms with van der Waals surface area (Å²) >= 11 is 0. The molecule has 0 unspecified atom stereocenters. The molecule has 0 aliphatic carbocycles. The van der Waals surface area contributed by atoms with Crippen molar-refractivity contribution in [1.29, 1.82) is 0 Å². The van der Waals surface area contributed by atoms with E-state index in [0.29, 0.717) is 11.4 Å². The third-order valence-electron chi connectivity index (χ3n) is 1.77. The predicted molar refractivity (Wildman–Crippen MR) is 49.0 cm³/mol. The Balaban J connectivity index is 2.52. The zero-order valence-electron chi connectivity index (χ0n) is 7.04. The smallest absolute Gasteiger partial charge is 0.340 e. The van der Waals surface area contributed by atoms with Crippen LogP contribution in [0.5, 0.6) is 0 Å². The summed E-state index contributed by atoms with van der Waals surface area (Å²) in [7, 11) is 0. The number of benzene rings is 1. The van der Waals surface area contributed by atoms with Crippen LogP contribution in [0.2, 0.25) is 0 Å². The number of rotatable bonds is 1. The Bertz CT molecular complexity index is 516. The van der Waals surface area contributed by atoms with E-state index in [1.807, 2.05) is 0 Å². The van der Waals surface area contributed by atoms with Crippen molar-refractivity contribution in [3.63, 3.8) is 0 Å². The van der Waals surface area contributed by atoms with Gasteiger partial charge in [-0.3, -0.25) is 4.98 Å². The minimum absolute atomic E-state index is 0.0198. The van der Waals surface area contributed by atoms with Gasteiger partial charge in [0, 0.05) is 5.56 Å². The fraction of sp³-hybridized carbons (Fsp3) is 0. The van der Waals surface area contributed by atoms with Crippen LogP contribution in [-0.2, 0) is 0 Å². The molecular weight excluding hydrogens is 187 g/mol. The van der Waals surface area contributed by atoms with Crippen molar-refractivity contribution < 1.29 is 4.39 Å². The minimum atomic E-state index is -0.494. The van der Waals surface area contributed by atoms with Crippen molar-refractivity contribution in [1.82, 2.24) is 15.2 Å². The third kappa shape index (κ3) is 1.37. The molecule has 14 heavy (non-hydrogen) atoms. The first-order valence-corrected chi connectivity index (χ1v) is 3.87. The molecule has 0 aliphatic rings. The molecular formula is C8H7FN4O. The Hall–Kier alpha value is -2.11. The lowest BCUT2D eigenvalue weighted by molar-refractivity contribution is 0.632. The van der Waals surface area contributed by atoms with E-state index in [-0.39, 0.29) is 5.69 Å². The van der Waals surface area contributed by atoms with Gasteiger partial charge in [0.15, 0.2) is 5.82 Å². The van der Waals surface area contributed by atoms with E-state index in [1.165, 1.54) is 18.2 Å². The molecule has 0 bridgehead atoms. The lowest BCUT2D eigenvalue weighted by Gasteiger charge is -1.98. The minimum Gasteiger partial charge on any atom is -0.396 e. The van der Waals surface area contributed by atoms with E-state index >= 15 is 0 Å². The Morgan fingerprint density at radius 2 is 2.21 bits per heavy atom. The van der Waals surface area contributed by atoms with Gasteiger partial charge < -0.3 is 5.73 Å². The molecule has 1 aromatic heterocycles. The van der Waals surface area contributed by atoms with Crippen molar-refractivity contribution >= 4 is 5.69 Å². The molecule has 0 spiro atoms. The second kappa shape index (κ2) is 2.99. The number of H-pyrrole nitrogens is 2. The Kier molecular flexibility index (Phi) is 1.81. The number of nitrogen functional groups attached to an aromatic ring is 1. The van der Waals surface area contributed by atoms with Crippen molar-refractivity contribution in [2.75, 3.05) is 5.73 Å². The Morgan fingerprint density at radius 3 is 2.79 bits per heavy atom. The standard InChI is InChI=1S/C8H7FN4O/c9-5-2-1-4(3-6(5)10)7-11-8(14)13-12-7/h1-3H,10H2,(H2,11,12,13,14). The van der Waals surface area contributed by atoms with Crippen molar-refractivity contribution in [2.45, 2.75) is 0 Å². The fourth-order valence-corrected chi connectivity index (χ4v) is 1.10. The number of anilines is 1. The zero-order valence-corrected chi connectivity index (χ0v) is 7.04. The van der Waals surface area contributed by atoms with Gasteiger partial charge in [0.25, 0.3) is 0 Å². The summed E-state index contributed by atoms with van der Waals surface area (Å²) in [5.41, 5.74) is 5.52. The van der Waals surface area contributed by atoms with Crippen LogP contribution in [0.3, 0.4) is 0 Å². The molecule has 72 valence electrons. The molecule has 2 rings (SSSR count). The predicted octanol–water partition coefficient (Wildman–Crippen LogP) is 0.486. The van der Waals surface area contributed by atoms with Gasteiger partial charge in [-0.15, -0.1) is 0 Å². The first-order chi connectivity index (χ1) is 6.66. The van der Waals surface area contributed by atoms with Gasteiger partial charge in [0.05, 0.1) is 5.69 Å². The number of aromatic amines is 2. The topological polar surface area (TPSA) is 87.6 Å². The first-order valence-electron chi connectivity index (χ1n) is 3.87. The molecule has 0 aliphatic heterocycles. The van der Waals surface area contributed by atoms with Gasteiger partial charge in [0.1, 0.15) is 5.82 Å². The lowest BCUT2D eigenvalue weighted by Crippen LogP contribution is -2.00. The maximum atomic E-state index is 12.8. The average Bonchev–Trinajstić information content (AvgIpc) is 2.57. The fourth-order valence-electron chi connectivity index (χ4n) is 1.10. The van der Waals surface area contributed by atoms with E-state index in [1.54, 1.807) is 0 Å². The Labute approximate surface area is 77.8 Å². The molecule has 0 radical (unpaired) electrons. The van der Waals surface area contributed by atoms with E-state index < -0.39 is 11.5 Å². The summed E-state index contributed by atoms with van der Waals surface area (Å²) in [6, 6.07) is 4.11. The highest BCUT2D eigenvalue weighted by Gasteiger charge is 2.04. The van der Waals surface area contributed by atoms with E-state index in [0.717, 1.165) is 0 Å². The second-order valence-electron chi connectivity index (χ2n) is 2.76. The number of nitrogens with two attached hydrogens (primary N) is 1. The Morgan fingerprint density at radius 1 is 1.43 bits per heavy atom. The van der Waals surface area contributed by atoms with E-state index in [9.17, 15) is 9.18 Å². The van der Waals surface area contributed by atoms with E-state index in [2.05, 4.69) is 15.2 Å². The molecule has 1 heterocycles. The number of hydrogen-bond donors (Lipinski definition) is 3. The molecule has 6 heteroatoms. The zero-order chi connectivity index (χ0) is 10.1. The van der Waals surface area contributed by atoms with Gasteiger partial charge in [-0.25, -0.2) is 14.3 Å². The van der Waals surface area contributed by atoms with Gasteiger partial charge in [-0.05, 0) is 18.2 Å². The number of nitrogens with zero attached hydrogens (tertiary/aromatic N) is 1. The molecule has 0 atom stereocenters.